The lowest BCUT2D eigenvalue weighted by Gasteiger charge is -2.07. The van der Waals surface area contributed by atoms with Crippen molar-refractivity contribution in [3.63, 3.8) is 0 Å². The Bertz CT molecular complexity index is 310. The third-order valence-corrected chi connectivity index (χ3v) is 2.28. The number of rotatable bonds is 6. The van der Waals surface area contributed by atoms with Gasteiger partial charge in [-0.05, 0) is 19.9 Å². The molecule has 0 spiro atoms. The van der Waals surface area contributed by atoms with E-state index < -0.39 is 0 Å². The predicted molar refractivity (Wildman–Crippen MR) is 61.1 cm³/mol. The molecular weight excluding hydrogens is 190 g/mol. The summed E-state index contributed by atoms with van der Waals surface area (Å²) in [6.07, 6.45) is 4.10. The molecule has 0 saturated heterocycles. The van der Waals surface area contributed by atoms with E-state index in [4.69, 9.17) is 0 Å². The Kier molecular flexibility index (Phi) is 3.34. The molecule has 1 heterocycles. The van der Waals surface area contributed by atoms with Crippen molar-refractivity contribution in [2.24, 2.45) is 0 Å². The Morgan fingerprint density at radius 2 is 2.07 bits per heavy atom. The Balaban J connectivity index is 1.86. The van der Waals surface area contributed by atoms with E-state index in [1.807, 2.05) is 13.1 Å². The Labute approximate surface area is 89.7 Å². The summed E-state index contributed by atoms with van der Waals surface area (Å²) in [5, 5.41) is 9.64. The molecule has 0 atom stereocenters. The summed E-state index contributed by atoms with van der Waals surface area (Å²) in [6, 6.07) is 2.58. The van der Waals surface area contributed by atoms with Crippen molar-refractivity contribution in [3.8, 4) is 0 Å². The van der Waals surface area contributed by atoms with Crippen LogP contribution < -0.4 is 16.0 Å². The molecule has 0 aromatic carbocycles. The zero-order valence-corrected chi connectivity index (χ0v) is 8.95. The molecule has 5 nitrogen and oxygen atoms in total. The molecule has 0 aliphatic heterocycles. The molecule has 5 heteroatoms. The summed E-state index contributed by atoms with van der Waals surface area (Å²) in [6.45, 7) is 1.80. The van der Waals surface area contributed by atoms with Gasteiger partial charge in [0, 0.05) is 25.2 Å². The maximum absolute atomic E-state index is 4.17. The highest BCUT2D eigenvalue weighted by atomic mass is 15.1. The van der Waals surface area contributed by atoms with Crippen LogP contribution in [-0.4, -0.2) is 36.1 Å². The molecule has 0 amide bonds. The van der Waals surface area contributed by atoms with Gasteiger partial charge in [0.1, 0.15) is 18.0 Å². The van der Waals surface area contributed by atoms with Gasteiger partial charge in [-0.2, -0.15) is 0 Å². The Hall–Kier alpha value is -1.36. The van der Waals surface area contributed by atoms with Crippen LogP contribution in [0.4, 0.5) is 11.6 Å². The largest absolute Gasteiger partial charge is 0.369 e. The molecule has 1 aliphatic carbocycles. The number of hydrogen-bond donors (Lipinski definition) is 3. The molecule has 2 rings (SSSR count). The van der Waals surface area contributed by atoms with E-state index in [0.29, 0.717) is 6.04 Å². The van der Waals surface area contributed by atoms with Gasteiger partial charge >= 0.3 is 0 Å². The van der Waals surface area contributed by atoms with Crippen LogP contribution in [0.1, 0.15) is 12.8 Å². The van der Waals surface area contributed by atoms with Crippen LogP contribution in [0.15, 0.2) is 12.4 Å². The summed E-state index contributed by atoms with van der Waals surface area (Å²) >= 11 is 0. The molecule has 1 fully saturated rings. The molecule has 1 aliphatic rings. The van der Waals surface area contributed by atoms with E-state index in [1.54, 1.807) is 6.33 Å². The van der Waals surface area contributed by atoms with E-state index in [9.17, 15) is 0 Å². The minimum atomic E-state index is 0.630. The van der Waals surface area contributed by atoms with E-state index in [2.05, 4.69) is 25.9 Å². The van der Waals surface area contributed by atoms with Crippen LogP contribution in [0.25, 0.3) is 0 Å². The minimum Gasteiger partial charge on any atom is -0.369 e. The standard InChI is InChI=1S/C10H17N5/c1-11-4-5-12-9-6-10(14-7-13-9)15-8-2-3-8/h6-8,11H,2-5H2,1H3,(H2,12,13,14,15). The third kappa shape index (κ3) is 3.36. The Morgan fingerprint density at radius 3 is 2.80 bits per heavy atom. The summed E-state index contributed by atoms with van der Waals surface area (Å²) in [7, 11) is 1.93. The van der Waals surface area contributed by atoms with Gasteiger partial charge in [0.25, 0.3) is 0 Å². The number of anilines is 2. The lowest BCUT2D eigenvalue weighted by Crippen LogP contribution is -2.18. The second-order valence-corrected chi connectivity index (χ2v) is 3.74. The highest BCUT2D eigenvalue weighted by Crippen LogP contribution is 2.23. The third-order valence-electron chi connectivity index (χ3n) is 2.28. The maximum Gasteiger partial charge on any atom is 0.131 e. The second-order valence-electron chi connectivity index (χ2n) is 3.74. The summed E-state index contributed by atoms with van der Waals surface area (Å²) in [4.78, 5) is 8.32. The van der Waals surface area contributed by atoms with E-state index >= 15 is 0 Å². The fourth-order valence-corrected chi connectivity index (χ4v) is 1.29. The SMILES string of the molecule is CNCCNc1cc(NC2CC2)ncn1. The van der Waals surface area contributed by atoms with Crippen LogP contribution in [0.5, 0.6) is 0 Å². The van der Waals surface area contributed by atoms with Gasteiger partial charge in [-0.15, -0.1) is 0 Å². The first-order valence-electron chi connectivity index (χ1n) is 5.35. The molecular formula is C10H17N5. The first-order chi connectivity index (χ1) is 7.38. The smallest absolute Gasteiger partial charge is 0.131 e. The quantitative estimate of drug-likeness (QED) is 0.599. The minimum absolute atomic E-state index is 0.630. The van der Waals surface area contributed by atoms with Gasteiger partial charge < -0.3 is 16.0 Å². The van der Waals surface area contributed by atoms with Gasteiger partial charge in [-0.1, -0.05) is 0 Å². The average Bonchev–Trinajstić information content (AvgIpc) is 3.03. The zero-order valence-electron chi connectivity index (χ0n) is 8.95. The van der Waals surface area contributed by atoms with Crippen LogP contribution in [0.2, 0.25) is 0 Å². The highest BCUT2D eigenvalue weighted by molar-refractivity contribution is 5.47. The predicted octanol–water partition coefficient (Wildman–Crippen LogP) is 0.682. The molecule has 3 N–H and O–H groups in total. The van der Waals surface area contributed by atoms with Crippen molar-refractivity contribution in [1.29, 1.82) is 0 Å². The summed E-state index contributed by atoms with van der Waals surface area (Å²) < 4.78 is 0. The number of hydrogen-bond acceptors (Lipinski definition) is 5. The van der Waals surface area contributed by atoms with E-state index in [0.717, 1.165) is 24.7 Å². The van der Waals surface area contributed by atoms with Gasteiger partial charge in [-0.3, -0.25) is 0 Å². The molecule has 15 heavy (non-hydrogen) atoms. The molecule has 1 aromatic rings. The van der Waals surface area contributed by atoms with E-state index in [-0.39, 0.29) is 0 Å². The van der Waals surface area contributed by atoms with Crippen molar-refractivity contribution in [1.82, 2.24) is 15.3 Å². The normalized spacial score (nSPS) is 15.0. The number of nitrogens with zero attached hydrogens (tertiary/aromatic N) is 2. The fourth-order valence-electron chi connectivity index (χ4n) is 1.29. The Morgan fingerprint density at radius 1 is 1.27 bits per heavy atom. The van der Waals surface area contributed by atoms with Gasteiger partial charge in [-0.25, -0.2) is 9.97 Å². The first-order valence-corrected chi connectivity index (χ1v) is 5.35. The number of nitrogens with one attached hydrogen (secondary N) is 3. The molecule has 0 unspecified atom stereocenters. The lowest BCUT2D eigenvalue weighted by molar-refractivity contribution is 0.821. The fraction of sp³-hybridized carbons (Fsp3) is 0.600. The molecule has 1 aromatic heterocycles. The van der Waals surface area contributed by atoms with Crippen molar-refractivity contribution in [3.05, 3.63) is 12.4 Å². The van der Waals surface area contributed by atoms with Crippen molar-refractivity contribution < 1.29 is 0 Å². The maximum atomic E-state index is 4.17. The molecule has 1 saturated carbocycles. The number of likely N-dealkylation sites (N-methyl/N-ethyl adjacent to an activating group) is 1. The van der Waals surface area contributed by atoms with Crippen LogP contribution in [0.3, 0.4) is 0 Å². The lowest BCUT2D eigenvalue weighted by atomic mass is 10.5. The van der Waals surface area contributed by atoms with Crippen molar-refractivity contribution in [2.75, 3.05) is 30.8 Å². The first kappa shape index (κ1) is 10.2. The molecule has 0 radical (unpaired) electrons. The monoisotopic (exact) mass is 207 g/mol. The highest BCUT2D eigenvalue weighted by Gasteiger charge is 2.21. The van der Waals surface area contributed by atoms with Gasteiger partial charge in [0.15, 0.2) is 0 Å². The molecule has 0 bridgehead atoms. The van der Waals surface area contributed by atoms with Crippen LogP contribution >= 0.6 is 0 Å². The summed E-state index contributed by atoms with van der Waals surface area (Å²) in [5.41, 5.74) is 0. The average molecular weight is 207 g/mol. The van der Waals surface area contributed by atoms with Crippen LogP contribution in [-0.2, 0) is 0 Å². The second kappa shape index (κ2) is 4.93. The van der Waals surface area contributed by atoms with Crippen molar-refractivity contribution in [2.45, 2.75) is 18.9 Å². The van der Waals surface area contributed by atoms with Gasteiger partial charge in [0.2, 0.25) is 0 Å². The molecule has 82 valence electrons. The van der Waals surface area contributed by atoms with E-state index in [1.165, 1.54) is 12.8 Å². The van der Waals surface area contributed by atoms with Crippen molar-refractivity contribution >= 4 is 11.6 Å². The van der Waals surface area contributed by atoms with Gasteiger partial charge in [0.05, 0.1) is 0 Å². The van der Waals surface area contributed by atoms with Crippen LogP contribution in [0, 0.1) is 0 Å². The summed E-state index contributed by atoms with van der Waals surface area (Å²) in [5.74, 6) is 1.79. The topological polar surface area (TPSA) is 61.9 Å². The zero-order chi connectivity index (χ0) is 10.5. The number of aromatic nitrogens is 2.